The molecule has 0 aliphatic heterocycles. The van der Waals surface area contributed by atoms with Crippen LogP contribution in [0.1, 0.15) is 5.56 Å². The number of benzene rings is 1. The monoisotopic (exact) mass is 231 g/mol. The van der Waals surface area contributed by atoms with E-state index in [1.54, 1.807) is 31.5 Å². The van der Waals surface area contributed by atoms with E-state index in [0.717, 1.165) is 11.3 Å². The molecule has 1 aromatic heterocycles. The molecule has 1 aromatic carbocycles. The summed E-state index contributed by atoms with van der Waals surface area (Å²) >= 11 is 0. The van der Waals surface area contributed by atoms with E-state index in [4.69, 9.17) is 14.6 Å². The number of aliphatic hydroxyl groups excluding tert-OH is 1. The molecule has 0 unspecified atom stereocenters. The Hall–Kier alpha value is -2.07. The summed E-state index contributed by atoms with van der Waals surface area (Å²) < 4.78 is 10.6. The van der Waals surface area contributed by atoms with Crippen LogP contribution < -0.4 is 9.47 Å². The average molecular weight is 231 g/mol. The maximum Gasteiger partial charge on any atom is 0.219 e. The van der Waals surface area contributed by atoms with Crippen molar-refractivity contribution in [1.82, 2.24) is 4.98 Å². The summed E-state index contributed by atoms with van der Waals surface area (Å²) in [5, 5.41) is 8.89. The minimum absolute atomic E-state index is 0.0214. The van der Waals surface area contributed by atoms with Gasteiger partial charge < -0.3 is 14.6 Å². The highest BCUT2D eigenvalue weighted by Crippen LogP contribution is 2.23. The third-order valence-corrected chi connectivity index (χ3v) is 2.24. The van der Waals surface area contributed by atoms with Gasteiger partial charge in [0.2, 0.25) is 5.88 Å². The van der Waals surface area contributed by atoms with Crippen LogP contribution in [0.4, 0.5) is 0 Å². The molecule has 4 nitrogen and oxygen atoms in total. The van der Waals surface area contributed by atoms with Crippen LogP contribution in [0.3, 0.4) is 0 Å². The van der Waals surface area contributed by atoms with Crippen LogP contribution in [0.2, 0.25) is 0 Å². The largest absolute Gasteiger partial charge is 0.497 e. The number of aromatic nitrogens is 1. The topological polar surface area (TPSA) is 51.6 Å². The number of pyridine rings is 1. The van der Waals surface area contributed by atoms with E-state index < -0.39 is 0 Å². The molecule has 0 spiro atoms. The third kappa shape index (κ3) is 2.95. The van der Waals surface area contributed by atoms with Gasteiger partial charge in [0.1, 0.15) is 11.5 Å². The molecule has 0 aliphatic rings. The van der Waals surface area contributed by atoms with Gasteiger partial charge in [-0.25, -0.2) is 4.98 Å². The maximum absolute atomic E-state index is 8.89. The predicted octanol–water partition coefficient (Wildman–Crippen LogP) is 2.37. The van der Waals surface area contributed by atoms with Gasteiger partial charge in [-0.1, -0.05) is 6.07 Å². The second-order valence-corrected chi connectivity index (χ2v) is 3.44. The van der Waals surface area contributed by atoms with Crippen molar-refractivity contribution in [1.29, 1.82) is 0 Å². The molecule has 17 heavy (non-hydrogen) atoms. The van der Waals surface area contributed by atoms with E-state index in [-0.39, 0.29) is 6.61 Å². The van der Waals surface area contributed by atoms with Gasteiger partial charge in [-0.2, -0.15) is 0 Å². The van der Waals surface area contributed by atoms with Crippen molar-refractivity contribution in [3.05, 3.63) is 48.2 Å². The molecule has 1 N–H and O–H groups in total. The summed E-state index contributed by atoms with van der Waals surface area (Å²) in [6, 6.07) is 10.8. The SMILES string of the molecule is COc1cccc(Oc2ccc(CO)cn2)c1. The molecule has 0 amide bonds. The summed E-state index contributed by atoms with van der Waals surface area (Å²) in [5.74, 6) is 1.87. The molecule has 88 valence electrons. The highest BCUT2D eigenvalue weighted by atomic mass is 16.5. The predicted molar refractivity (Wildman–Crippen MR) is 63.2 cm³/mol. The Morgan fingerprint density at radius 1 is 1.18 bits per heavy atom. The summed E-state index contributed by atoms with van der Waals surface area (Å²) in [5.41, 5.74) is 0.753. The quantitative estimate of drug-likeness (QED) is 0.877. The molecule has 0 aliphatic carbocycles. The normalized spacial score (nSPS) is 10.0. The minimum atomic E-state index is -0.0214. The summed E-state index contributed by atoms with van der Waals surface area (Å²) in [6.07, 6.45) is 1.58. The van der Waals surface area contributed by atoms with Gasteiger partial charge in [0.25, 0.3) is 0 Å². The van der Waals surface area contributed by atoms with Crippen LogP contribution in [0.25, 0.3) is 0 Å². The Labute approximate surface area is 99.5 Å². The lowest BCUT2D eigenvalue weighted by atomic mass is 10.3. The van der Waals surface area contributed by atoms with E-state index >= 15 is 0 Å². The van der Waals surface area contributed by atoms with Crippen LogP contribution in [0, 0.1) is 0 Å². The van der Waals surface area contributed by atoms with E-state index in [9.17, 15) is 0 Å². The number of methoxy groups -OCH3 is 1. The van der Waals surface area contributed by atoms with Crippen LogP contribution in [0.15, 0.2) is 42.6 Å². The first-order valence-electron chi connectivity index (χ1n) is 5.19. The van der Waals surface area contributed by atoms with Crippen molar-refractivity contribution >= 4 is 0 Å². The fourth-order valence-corrected chi connectivity index (χ4v) is 1.35. The van der Waals surface area contributed by atoms with E-state index in [1.165, 1.54) is 0 Å². The van der Waals surface area contributed by atoms with Crippen LogP contribution in [0.5, 0.6) is 17.4 Å². The Morgan fingerprint density at radius 2 is 2.00 bits per heavy atom. The second kappa shape index (κ2) is 5.32. The van der Waals surface area contributed by atoms with Crippen molar-refractivity contribution in [2.75, 3.05) is 7.11 Å². The number of aliphatic hydroxyl groups is 1. The van der Waals surface area contributed by atoms with E-state index in [1.807, 2.05) is 18.2 Å². The number of hydrogen-bond acceptors (Lipinski definition) is 4. The zero-order valence-electron chi connectivity index (χ0n) is 9.46. The van der Waals surface area contributed by atoms with Gasteiger partial charge in [0.15, 0.2) is 0 Å². The standard InChI is InChI=1S/C13H13NO3/c1-16-11-3-2-4-12(7-11)17-13-6-5-10(9-15)8-14-13/h2-8,15H,9H2,1H3. The van der Waals surface area contributed by atoms with Gasteiger partial charge in [-0.3, -0.25) is 0 Å². The zero-order chi connectivity index (χ0) is 12.1. The smallest absolute Gasteiger partial charge is 0.219 e. The molecule has 2 aromatic rings. The van der Waals surface area contributed by atoms with Gasteiger partial charge in [-0.15, -0.1) is 0 Å². The maximum atomic E-state index is 8.89. The number of rotatable bonds is 4. The van der Waals surface area contributed by atoms with Gasteiger partial charge in [-0.05, 0) is 23.8 Å². The van der Waals surface area contributed by atoms with E-state index in [0.29, 0.717) is 11.6 Å². The van der Waals surface area contributed by atoms with Gasteiger partial charge in [0, 0.05) is 18.3 Å². The van der Waals surface area contributed by atoms with Crippen molar-refractivity contribution < 1.29 is 14.6 Å². The molecule has 1 heterocycles. The first-order valence-corrected chi connectivity index (χ1v) is 5.19. The lowest BCUT2D eigenvalue weighted by Gasteiger charge is -2.06. The Bertz CT molecular complexity index is 482. The Morgan fingerprint density at radius 3 is 2.65 bits per heavy atom. The second-order valence-electron chi connectivity index (χ2n) is 3.44. The highest BCUT2D eigenvalue weighted by molar-refractivity contribution is 5.35. The van der Waals surface area contributed by atoms with Crippen LogP contribution in [-0.4, -0.2) is 17.2 Å². The molecule has 2 rings (SSSR count). The Balaban J connectivity index is 2.13. The molecule has 0 saturated heterocycles. The number of ether oxygens (including phenoxy) is 2. The lowest BCUT2D eigenvalue weighted by molar-refractivity contribution is 0.281. The highest BCUT2D eigenvalue weighted by Gasteiger charge is 2.00. The molecule has 0 fully saturated rings. The number of nitrogens with zero attached hydrogens (tertiary/aromatic N) is 1. The van der Waals surface area contributed by atoms with Crippen molar-refractivity contribution in [2.45, 2.75) is 6.61 Å². The Kier molecular flexibility index (Phi) is 3.57. The summed E-state index contributed by atoms with van der Waals surface area (Å²) in [6.45, 7) is -0.0214. The minimum Gasteiger partial charge on any atom is -0.497 e. The summed E-state index contributed by atoms with van der Waals surface area (Å²) in [4.78, 5) is 4.08. The molecular formula is C13H13NO3. The fraction of sp³-hybridized carbons (Fsp3) is 0.154. The van der Waals surface area contributed by atoms with Gasteiger partial charge in [0.05, 0.1) is 13.7 Å². The fourth-order valence-electron chi connectivity index (χ4n) is 1.35. The lowest BCUT2D eigenvalue weighted by Crippen LogP contribution is -1.90. The average Bonchev–Trinajstić information content (AvgIpc) is 2.40. The van der Waals surface area contributed by atoms with Crippen molar-refractivity contribution in [3.8, 4) is 17.4 Å². The third-order valence-electron chi connectivity index (χ3n) is 2.24. The van der Waals surface area contributed by atoms with Crippen molar-refractivity contribution in [3.63, 3.8) is 0 Å². The van der Waals surface area contributed by atoms with Crippen LogP contribution >= 0.6 is 0 Å². The van der Waals surface area contributed by atoms with E-state index in [2.05, 4.69) is 4.98 Å². The molecule has 0 atom stereocenters. The zero-order valence-corrected chi connectivity index (χ0v) is 9.46. The van der Waals surface area contributed by atoms with Gasteiger partial charge >= 0.3 is 0 Å². The first kappa shape index (κ1) is 11.4. The molecular weight excluding hydrogens is 218 g/mol. The molecule has 0 bridgehead atoms. The number of hydrogen-bond donors (Lipinski definition) is 1. The van der Waals surface area contributed by atoms with Crippen molar-refractivity contribution in [2.24, 2.45) is 0 Å². The molecule has 0 radical (unpaired) electrons. The van der Waals surface area contributed by atoms with Crippen LogP contribution in [-0.2, 0) is 6.61 Å². The first-order chi connectivity index (χ1) is 8.31. The molecule has 0 saturated carbocycles. The summed E-state index contributed by atoms with van der Waals surface area (Å²) in [7, 11) is 1.60. The molecule has 4 heteroatoms.